The molecule has 0 saturated carbocycles. The number of aryl methyl sites for hydroxylation is 1. The van der Waals surface area contributed by atoms with Crippen LogP contribution in [0.25, 0.3) is 0 Å². The van der Waals surface area contributed by atoms with Crippen LogP contribution in [0.1, 0.15) is 35.1 Å². The standard InChI is InChI=1S/C19H19BrO/c1-2-6-14-7-3-4-9-17(14)19(21)12-5-8-15-10-11-16(20)13-18(15)19/h2-4,7,9-11,13,21H,1,5-6,8,12H2. The van der Waals surface area contributed by atoms with Crippen LogP contribution in [-0.4, -0.2) is 5.11 Å². The van der Waals surface area contributed by atoms with E-state index in [1.165, 1.54) is 5.56 Å². The Morgan fingerprint density at radius 2 is 2.00 bits per heavy atom. The number of benzene rings is 2. The monoisotopic (exact) mass is 342 g/mol. The summed E-state index contributed by atoms with van der Waals surface area (Å²) in [6.07, 6.45) is 5.49. The summed E-state index contributed by atoms with van der Waals surface area (Å²) >= 11 is 3.54. The normalized spacial score (nSPS) is 20.9. The van der Waals surface area contributed by atoms with Crippen molar-refractivity contribution in [1.29, 1.82) is 0 Å². The average Bonchev–Trinajstić information content (AvgIpc) is 2.49. The third kappa shape index (κ3) is 2.58. The smallest absolute Gasteiger partial charge is 0.115 e. The van der Waals surface area contributed by atoms with Crippen LogP contribution in [0, 0.1) is 0 Å². The summed E-state index contributed by atoms with van der Waals surface area (Å²) < 4.78 is 1.02. The zero-order chi connectivity index (χ0) is 14.9. The van der Waals surface area contributed by atoms with Gasteiger partial charge < -0.3 is 5.11 Å². The fourth-order valence-corrected chi connectivity index (χ4v) is 3.72. The Morgan fingerprint density at radius 3 is 2.81 bits per heavy atom. The summed E-state index contributed by atoms with van der Waals surface area (Å²) in [6.45, 7) is 3.83. The van der Waals surface area contributed by atoms with Crippen LogP contribution in [0.15, 0.2) is 59.6 Å². The number of aliphatic hydroxyl groups is 1. The third-order valence-electron chi connectivity index (χ3n) is 4.33. The topological polar surface area (TPSA) is 20.2 Å². The fourth-order valence-electron chi connectivity index (χ4n) is 3.36. The molecular formula is C19H19BrO. The molecule has 0 spiro atoms. The molecule has 1 atom stereocenters. The van der Waals surface area contributed by atoms with Gasteiger partial charge in [0.05, 0.1) is 0 Å². The molecule has 0 amide bonds. The molecule has 21 heavy (non-hydrogen) atoms. The van der Waals surface area contributed by atoms with Gasteiger partial charge in [-0.25, -0.2) is 0 Å². The Morgan fingerprint density at radius 1 is 1.19 bits per heavy atom. The highest BCUT2D eigenvalue weighted by atomic mass is 79.9. The van der Waals surface area contributed by atoms with Crippen molar-refractivity contribution in [2.75, 3.05) is 0 Å². The summed E-state index contributed by atoms with van der Waals surface area (Å²) in [7, 11) is 0. The van der Waals surface area contributed by atoms with Gasteiger partial charge in [-0.3, -0.25) is 0 Å². The van der Waals surface area contributed by atoms with E-state index in [2.05, 4.69) is 52.8 Å². The second-order valence-electron chi connectivity index (χ2n) is 5.67. The van der Waals surface area contributed by atoms with E-state index in [1.807, 2.05) is 18.2 Å². The zero-order valence-corrected chi connectivity index (χ0v) is 13.6. The van der Waals surface area contributed by atoms with Gasteiger partial charge in [0.25, 0.3) is 0 Å². The molecule has 108 valence electrons. The van der Waals surface area contributed by atoms with Crippen LogP contribution in [0.2, 0.25) is 0 Å². The van der Waals surface area contributed by atoms with E-state index in [0.717, 1.165) is 46.8 Å². The molecule has 0 aliphatic heterocycles. The van der Waals surface area contributed by atoms with Gasteiger partial charge in [0.15, 0.2) is 0 Å². The van der Waals surface area contributed by atoms with Crippen molar-refractivity contribution in [2.24, 2.45) is 0 Å². The van der Waals surface area contributed by atoms with Gasteiger partial charge in [-0.2, -0.15) is 0 Å². The molecule has 2 aromatic carbocycles. The van der Waals surface area contributed by atoms with Crippen molar-refractivity contribution in [3.8, 4) is 0 Å². The first-order valence-electron chi connectivity index (χ1n) is 7.36. The van der Waals surface area contributed by atoms with Crippen molar-refractivity contribution in [3.63, 3.8) is 0 Å². The van der Waals surface area contributed by atoms with Crippen molar-refractivity contribution in [1.82, 2.24) is 0 Å². The number of fused-ring (bicyclic) bond motifs is 1. The Hall–Kier alpha value is -1.38. The molecule has 0 saturated heterocycles. The van der Waals surface area contributed by atoms with E-state index in [0.29, 0.717) is 0 Å². The number of hydrogen-bond donors (Lipinski definition) is 1. The summed E-state index contributed by atoms with van der Waals surface area (Å²) in [5.74, 6) is 0. The largest absolute Gasteiger partial charge is 0.380 e. The number of hydrogen-bond acceptors (Lipinski definition) is 1. The molecule has 3 rings (SSSR count). The molecule has 1 nitrogen and oxygen atoms in total. The maximum absolute atomic E-state index is 11.5. The molecule has 0 bridgehead atoms. The Kier molecular flexibility index (Phi) is 4.01. The van der Waals surface area contributed by atoms with E-state index >= 15 is 0 Å². The predicted octanol–water partition coefficient (Wildman–Crippen LogP) is 4.75. The summed E-state index contributed by atoms with van der Waals surface area (Å²) in [4.78, 5) is 0. The molecule has 1 aliphatic carbocycles. The summed E-state index contributed by atoms with van der Waals surface area (Å²) in [5, 5.41) is 11.5. The Labute approximate surface area is 134 Å². The van der Waals surface area contributed by atoms with Gasteiger partial charge in [0.1, 0.15) is 5.60 Å². The lowest BCUT2D eigenvalue weighted by Gasteiger charge is -2.36. The van der Waals surface area contributed by atoms with E-state index in [4.69, 9.17) is 0 Å². The van der Waals surface area contributed by atoms with Gasteiger partial charge in [0, 0.05) is 4.47 Å². The molecule has 0 fully saturated rings. The Bertz CT molecular complexity index is 677. The highest BCUT2D eigenvalue weighted by molar-refractivity contribution is 9.10. The molecule has 0 aromatic heterocycles. The molecule has 1 unspecified atom stereocenters. The van der Waals surface area contributed by atoms with Crippen molar-refractivity contribution < 1.29 is 5.11 Å². The molecule has 1 N–H and O–H groups in total. The lowest BCUT2D eigenvalue weighted by Crippen LogP contribution is -2.33. The van der Waals surface area contributed by atoms with Crippen LogP contribution < -0.4 is 0 Å². The summed E-state index contributed by atoms with van der Waals surface area (Å²) in [6, 6.07) is 14.4. The van der Waals surface area contributed by atoms with Gasteiger partial charge >= 0.3 is 0 Å². The van der Waals surface area contributed by atoms with Crippen molar-refractivity contribution >= 4 is 15.9 Å². The van der Waals surface area contributed by atoms with E-state index < -0.39 is 5.60 Å². The van der Waals surface area contributed by atoms with Crippen LogP contribution >= 0.6 is 15.9 Å². The molecule has 1 aliphatic rings. The molecule has 0 heterocycles. The molecule has 2 heteroatoms. The zero-order valence-electron chi connectivity index (χ0n) is 12.0. The third-order valence-corrected chi connectivity index (χ3v) is 4.82. The lowest BCUT2D eigenvalue weighted by molar-refractivity contribution is 0.0607. The number of allylic oxidation sites excluding steroid dienone is 1. The van der Waals surface area contributed by atoms with Gasteiger partial charge in [-0.05, 0) is 60.1 Å². The second kappa shape index (κ2) is 5.78. The first-order chi connectivity index (χ1) is 10.1. The highest BCUT2D eigenvalue weighted by Crippen LogP contribution is 2.42. The van der Waals surface area contributed by atoms with E-state index in [1.54, 1.807) is 0 Å². The van der Waals surface area contributed by atoms with Crippen LogP contribution in [0.4, 0.5) is 0 Å². The van der Waals surface area contributed by atoms with Gasteiger partial charge in [0.2, 0.25) is 0 Å². The Balaban J connectivity index is 2.19. The second-order valence-corrected chi connectivity index (χ2v) is 6.58. The molecule has 2 aromatic rings. The molecular weight excluding hydrogens is 324 g/mol. The minimum atomic E-state index is -0.892. The maximum Gasteiger partial charge on any atom is 0.115 e. The fraction of sp³-hybridized carbons (Fsp3) is 0.263. The van der Waals surface area contributed by atoms with Crippen LogP contribution in [-0.2, 0) is 18.4 Å². The van der Waals surface area contributed by atoms with Gasteiger partial charge in [-0.15, -0.1) is 6.58 Å². The SMILES string of the molecule is C=CCc1ccccc1C1(O)CCCc2ccc(Br)cc21. The van der Waals surface area contributed by atoms with Crippen LogP contribution in [0.3, 0.4) is 0 Å². The van der Waals surface area contributed by atoms with Crippen molar-refractivity contribution in [2.45, 2.75) is 31.3 Å². The van der Waals surface area contributed by atoms with E-state index in [9.17, 15) is 5.11 Å². The first kappa shape index (κ1) is 14.6. The summed E-state index contributed by atoms with van der Waals surface area (Å²) in [5.41, 5.74) is 3.57. The van der Waals surface area contributed by atoms with Crippen molar-refractivity contribution in [3.05, 3.63) is 81.8 Å². The number of halogens is 1. The molecule has 0 radical (unpaired) electrons. The van der Waals surface area contributed by atoms with Crippen LogP contribution in [0.5, 0.6) is 0 Å². The van der Waals surface area contributed by atoms with Gasteiger partial charge in [-0.1, -0.05) is 52.3 Å². The quantitative estimate of drug-likeness (QED) is 0.798. The minimum absolute atomic E-state index is 0.768. The lowest BCUT2D eigenvalue weighted by atomic mass is 9.73. The average molecular weight is 343 g/mol. The maximum atomic E-state index is 11.5. The van der Waals surface area contributed by atoms with E-state index in [-0.39, 0.29) is 0 Å². The predicted molar refractivity (Wildman–Crippen MR) is 90.4 cm³/mol. The first-order valence-corrected chi connectivity index (χ1v) is 8.15. The highest BCUT2D eigenvalue weighted by Gasteiger charge is 2.37. The minimum Gasteiger partial charge on any atom is -0.380 e. The number of rotatable bonds is 3.